The first-order chi connectivity index (χ1) is 16.0. The van der Waals surface area contributed by atoms with Gasteiger partial charge in [0, 0.05) is 10.2 Å². The summed E-state index contributed by atoms with van der Waals surface area (Å²) in [7, 11) is 0. The number of hydrogen-bond acceptors (Lipinski definition) is 3. The molecule has 1 N–H and O–H groups in total. The number of ether oxygens (including phenoxy) is 1. The van der Waals surface area contributed by atoms with E-state index in [2.05, 4.69) is 61.4 Å². The predicted octanol–water partition coefficient (Wildman–Crippen LogP) is 7.49. The van der Waals surface area contributed by atoms with Crippen LogP contribution in [0.2, 0.25) is 0 Å². The van der Waals surface area contributed by atoms with E-state index in [1.807, 2.05) is 54.6 Å². The van der Waals surface area contributed by atoms with Crippen LogP contribution in [0.5, 0.6) is 5.75 Å². The van der Waals surface area contributed by atoms with Gasteiger partial charge in [0.05, 0.1) is 4.47 Å². The first-order valence-corrected chi connectivity index (χ1v) is 11.7. The summed E-state index contributed by atoms with van der Waals surface area (Å²) in [5, 5.41) is 14.5. The van der Waals surface area contributed by atoms with E-state index < -0.39 is 5.91 Å². The third kappa shape index (κ3) is 5.70. The van der Waals surface area contributed by atoms with Crippen LogP contribution in [0.15, 0.2) is 99.4 Å². The van der Waals surface area contributed by atoms with Gasteiger partial charge in [-0.15, -0.1) is 0 Å². The molecule has 0 atom stereocenters. The number of nitrogens with one attached hydrogen (secondary N) is 1. The number of amides is 1. The molecular weight excluding hydrogens is 544 g/mol. The van der Waals surface area contributed by atoms with Crippen molar-refractivity contribution in [1.82, 2.24) is 0 Å². The highest BCUT2D eigenvalue weighted by atomic mass is 79.9. The Morgan fingerprint density at radius 2 is 1.73 bits per heavy atom. The molecule has 0 aliphatic carbocycles. The Hall–Kier alpha value is -3.40. The summed E-state index contributed by atoms with van der Waals surface area (Å²) < 4.78 is 7.68. The number of hydrogen-bond donors (Lipinski definition) is 1. The second kappa shape index (κ2) is 10.5. The van der Waals surface area contributed by atoms with Crippen molar-refractivity contribution in [1.29, 1.82) is 5.26 Å². The zero-order valence-electron chi connectivity index (χ0n) is 17.4. The number of halogens is 2. The van der Waals surface area contributed by atoms with Crippen molar-refractivity contribution in [2.45, 2.75) is 6.61 Å². The van der Waals surface area contributed by atoms with Gasteiger partial charge in [-0.1, -0.05) is 64.5 Å². The number of rotatable bonds is 6. The summed E-state index contributed by atoms with van der Waals surface area (Å²) in [6, 6.07) is 28.9. The first kappa shape index (κ1) is 22.8. The minimum absolute atomic E-state index is 0.00856. The van der Waals surface area contributed by atoms with Gasteiger partial charge >= 0.3 is 0 Å². The second-order valence-electron chi connectivity index (χ2n) is 7.25. The van der Waals surface area contributed by atoms with Crippen molar-refractivity contribution in [2.75, 3.05) is 5.32 Å². The lowest BCUT2D eigenvalue weighted by molar-refractivity contribution is -0.112. The number of nitriles is 1. The first-order valence-electron chi connectivity index (χ1n) is 10.1. The topological polar surface area (TPSA) is 62.1 Å². The van der Waals surface area contributed by atoms with Crippen molar-refractivity contribution in [3.8, 4) is 11.8 Å². The number of carbonyl (C=O) groups excluding carboxylic acids is 1. The molecule has 0 aliphatic rings. The van der Waals surface area contributed by atoms with Crippen LogP contribution in [0.3, 0.4) is 0 Å². The van der Waals surface area contributed by atoms with E-state index in [1.165, 1.54) is 5.39 Å². The maximum Gasteiger partial charge on any atom is 0.266 e. The van der Waals surface area contributed by atoms with Gasteiger partial charge in [-0.25, -0.2) is 0 Å². The Kier molecular flexibility index (Phi) is 7.23. The smallest absolute Gasteiger partial charge is 0.266 e. The Labute approximate surface area is 208 Å². The minimum Gasteiger partial charge on any atom is -0.488 e. The lowest BCUT2D eigenvalue weighted by Gasteiger charge is -2.11. The molecule has 4 nitrogen and oxygen atoms in total. The molecule has 0 aromatic heterocycles. The number of anilines is 1. The average molecular weight is 562 g/mol. The highest BCUT2D eigenvalue weighted by Crippen LogP contribution is 2.29. The molecule has 1 amide bonds. The molecule has 162 valence electrons. The Balaban J connectivity index is 1.48. The van der Waals surface area contributed by atoms with Crippen molar-refractivity contribution in [3.05, 3.63) is 111 Å². The normalized spacial score (nSPS) is 11.1. The third-order valence-electron chi connectivity index (χ3n) is 5.00. The molecule has 0 heterocycles. The van der Waals surface area contributed by atoms with E-state index in [9.17, 15) is 10.1 Å². The van der Waals surface area contributed by atoms with E-state index in [0.717, 1.165) is 19.9 Å². The van der Waals surface area contributed by atoms with Gasteiger partial charge < -0.3 is 10.1 Å². The molecule has 0 unspecified atom stereocenters. The fraction of sp³-hybridized carbons (Fsp3) is 0.0370. The molecule has 0 aliphatic heterocycles. The van der Waals surface area contributed by atoms with E-state index >= 15 is 0 Å². The standard InChI is InChI=1S/C27H18Br2N2O2/c28-22-9-11-23(12-10-22)31-27(32)21(16-30)14-18-8-13-26(25(29)15-18)33-17-20-6-3-5-19-4-1-2-7-24(19)20/h1-15H,17H2,(H,31,32)/b21-14-. The number of carbonyl (C=O) groups is 1. The summed E-state index contributed by atoms with van der Waals surface area (Å²) in [6.07, 6.45) is 1.55. The van der Waals surface area contributed by atoms with E-state index in [0.29, 0.717) is 23.6 Å². The fourth-order valence-electron chi connectivity index (χ4n) is 3.34. The maximum atomic E-state index is 12.5. The zero-order valence-corrected chi connectivity index (χ0v) is 20.6. The predicted molar refractivity (Wildman–Crippen MR) is 139 cm³/mol. The molecule has 4 aromatic carbocycles. The number of fused-ring (bicyclic) bond motifs is 1. The largest absolute Gasteiger partial charge is 0.488 e. The molecule has 33 heavy (non-hydrogen) atoms. The summed E-state index contributed by atoms with van der Waals surface area (Å²) in [5.41, 5.74) is 2.43. The van der Waals surface area contributed by atoms with Crippen LogP contribution in [0.4, 0.5) is 5.69 Å². The van der Waals surface area contributed by atoms with Crippen LogP contribution in [0.1, 0.15) is 11.1 Å². The number of benzene rings is 4. The lowest BCUT2D eigenvalue weighted by atomic mass is 10.1. The molecule has 0 spiro atoms. The average Bonchev–Trinajstić information content (AvgIpc) is 2.83. The SMILES string of the molecule is N#C/C(=C/c1ccc(OCc2cccc3ccccc23)c(Br)c1)C(=O)Nc1ccc(Br)cc1. The summed E-state index contributed by atoms with van der Waals surface area (Å²) in [6.45, 7) is 0.425. The van der Waals surface area contributed by atoms with Gasteiger partial charge in [-0.3, -0.25) is 4.79 Å². The summed E-state index contributed by atoms with van der Waals surface area (Å²) in [5.74, 6) is 0.213. The van der Waals surface area contributed by atoms with Crippen molar-refractivity contribution < 1.29 is 9.53 Å². The lowest BCUT2D eigenvalue weighted by Crippen LogP contribution is -2.13. The molecule has 0 bridgehead atoms. The van der Waals surface area contributed by atoms with E-state index in [-0.39, 0.29) is 5.57 Å². The second-order valence-corrected chi connectivity index (χ2v) is 9.02. The quantitative estimate of drug-likeness (QED) is 0.196. The van der Waals surface area contributed by atoms with Crippen LogP contribution in [-0.4, -0.2) is 5.91 Å². The van der Waals surface area contributed by atoms with Gasteiger partial charge in [0.15, 0.2) is 0 Å². The number of nitrogens with zero attached hydrogens (tertiary/aromatic N) is 1. The van der Waals surface area contributed by atoms with Crippen LogP contribution >= 0.6 is 31.9 Å². The Morgan fingerprint density at radius 1 is 0.970 bits per heavy atom. The Bertz CT molecular complexity index is 1380. The van der Waals surface area contributed by atoms with Crippen LogP contribution < -0.4 is 10.1 Å². The van der Waals surface area contributed by atoms with Gasteiger partial charge in [-0.2, -0.15) is 5.26 Å². The van der Waals surface area contributed by atoms with Crippen LogP contribution in [-0.2, 0) is 11.4 Å². The van der Waals surface area contributed by atoms with Crippen molar-refractivity contribution in [2.24, 2.45) is 0 Å². The monoisotopic (exact) mass is 560 g/mol. The van der Waals surface area contributed by atoms with E-state index in [1.54, 1.807) is 18.2 Å². The molecule has 4 rings (SSSR count). The molecular formula is C27H18Br2N2O2. The molecule has 6 heteroatoms. The molecule has 0 radical (unpaired) electrons. The fourth-order valence-corrected chi connectivity index (χ4v) is 4.12. The van der Waals surface area contributed by atoms with Gasteiger partial charge in [-0.05, 0) is 80.3 Å². The third-order valence-corrected chi connectivity index (χ3v) is 6.15. The highest BCUT2D eigenvalue weighted by Gasteiger charge is 2.11. The molecule has 4 aromatic rings. The van der Waals surface area contributed by atoms with Gasteiger partial charge in [0.1, 0.15) is 24.0 Å². The van der Waals surface area contributed by atoms with Crippen molar-refractivity contribution in [3.63, 3.8) is 0 Å². The minimum atomic E-state index is -0.466. The van der Waals surface area contributed by atoms with Gasteiger partial charge in [0.25, 0.3) is 5.91 Å². The summed E-state index contributed by atoms with van der Waals surface area (Å²) >= 11 is 6.89. The van der Waals surface area contributed by atoms with E-state index in [4.69, 9.17) is 4.74 Å². The zero-order chi connectivity index (χ0) is 23.2. The molecule has 0 fully saturated rings. The van der Waals surface area contributed by atoms with Crippen LogP contribution in [0.25, 0.3) is 16.8 Å². The Morgan fingerprint density at radius 3 is 2.48 bits per heavy atom. The maximum absolute atomic E-state index is 12.5. The molecule has 0 saturated carbocycles. The van der Waals surface area contributed by atoms with Crippen molar-refractivity contribution >= 4 is 60.3 Å². The molecule has 0 saturated heterocycles. The van der Waals surface area contributed by atoms with Gasteiger partial charge in [0.2, 0.25) is 0 Å². The summed E-state index contributed by atoms with van der Waals surface area (Å²) in [4.78, 5) is 12.5. The van der Waals surface area contributed by atoms with Crippen LogP contribution in [0, 0.1) is 11.3 Å². The highest BCUT2D eigenvalue weighted by molar-refractivity contribution is 9.10.